The van der Waals surface area contributed by atoms with Crippen molar-refractivity contribution in [2.24, 2.45) is 5.92 Å². The Morgan fingerprint density at radius 2 is 2.18 bits per heavy atom. The summed E-state index contributed by atoms with van der Waals surface area (Å²) in [6, 6.07) is 5.00. The maximum absolute atomic E-state index is 11.4. The first-order chi connectivity index (χ1) is 8.00. The summed E-state index contributed by atoms with van der Waals surface area (Å²) in [6.45, 7) is 6.41. The second-order valence-electron chi connectivity index (χ2n) is 4.39. The van der Waals surface area contributed by atoms with E-state index >= 15 is 0 Å². The molecule has 0 bridgehead atoms. The molecule has 0 spiro atoms. The van der Waals surface area contributed by atoms with Crippen LogP contribution in [0.1, 0.15) is 19.4 Å². The molecule has 17 heavy (non-hydrogen) atoms. The Hall–Kier alpha value is -1.71. The standard InChI is InChI=1S/C13H19NO3/c1-9(2)7-14-13(16)8-17-12-6-4-5-11(15)10(12)3/h4-6,9,15H,7-8H2,1-3H3,(H,14,16). The summed E-state index contributed by atoms with van der Waals surface area (Å²) < 4.78 is 5.34. The molecule has 4 heteroatoms. The van der Waals surface area contributed by atoms with Crippen molar-refractivity contribution in [1.29, 1.82) is 0 Å². The molecule has 0 radical (unpaired) electrons. The first-order valence-corrected chi connectivity index (χ1v) is 5.68. The molecule has 0 saturated heterocycles. The summed E-state index contributed by atoms with van der Waals surface area (Å²) in [4.78, 5) is 11.4. The van der Waals surface area contributed by atoms with Crippen molar-refractivity contribution in [3.8, 4) is 11.5 Å². The van der Waals surface area contributed by atoms with Gasteiger partial charge in [0.15, 0.2) is 6.61 Å². The number of phenols is 1. The van der Waals surface area contributed by atoms with Gasteiger partial charge in [0.05, 0.1) is 0 Å². The Labute approximate surface area is 102 Å². The lowest BCUT2D eigenvalue weighted by atomic mass is 10.2. The Morgan fingerprint density at radius 3 is 2.82 bits per heavy atom. The van der Waals surface area contributed by atoms with Gasteiger partial charge in [0.1, 0.15) is 11.5 Å². The van der Waals surface area contributed by atoms with Crippen molar-refractivity contribution < 1.29 is 14.6 Å². The second-order valence-corrected chi connectivity index (χ2v) is 4.39. The zero-order valence-corrected chi connectivity index (χ0v) is 10.5. The molecule has 0 fully saturated rings. The van der Waals surface area contributed by atoms with Crippen molar-refractivity contribution in [2.45, 2.75) is 20.8 Å². The van der Waals surface area contributed by atoms with E-state index in [9.17, 15) is 9.90 Å². The molecule has 0 atom stereocenters. The van der Waals surface area contributed by atoms with Crippen LogP contribution in [-0.2, 0) is 4.79 Å². The van der Waals surface area contributed by atoms with Crippen LogP contribution in [0.15, 0.2) is 18.2 Å². The molecule has 0 aliphatic heterocycles. The summed E-state index contributed by atoms with van der Waals surface area (Å²) >= 11 is 0. The number of amides is 1. The van der Waals surface area contributed by atoms with Gasteiger partial charge < -0.3 is 15.2 Å². The third-order valence-electron chi connectivity index (χ3n) is 2.32. The molecule has 0 saturated carbocycles. The van der Waals surface area contributed by atoms with Crippen LogP contribution in [0, 0.1) is 12.8 Å². The zero-order chi connectivity index (χ0) is 12.8. The number of hydrogen-bond acceptors (Lipinski definition) is 3. The van der Waals surface area contributed by atoms with Crippen LogP contribution >= 0.6 is 0 Å². The van der Waals surface area contributed by atoms with E-state index in [-0.39, 0.29) is 18.3 Å². The molecule has 0 aliphatic rings. The largest absolute Gasteiger partial charge is 0.508 e. The van der Waals surface area contributed by atoms with Crippen LogP contribution in [0.25, 0.3) is 0 Å². The SMILES string of the molecule is Cc1c(O)cccc1OCC(=O)NCC(C)C. The molecular weight excluding hydrogens is 218 g/mol. The monoisotopic (exact) mass is 237 g/mol. The van der Waals surface area contributed by atoms with Crippen molar-refractivity contribution in [2.75, 3.05) is 13.2 Å². The van der Waals surface area contributed by atoms with E-state index in [1.165, 1.54) is 0 Å². The molecule has 1 aromatic rings. The number of carbonyl (C=O) groups excluding carboxylic acids is 1. The van der Waals surface area contributed by atoms with E-state index in [0.29, 0.717) is 23.8 Å². The third kappa shape index (κ3) is 4.34. The quantitative estimate of drug-likeness (QED) is 0.821. The number of rotatable bonds is 5. The van der Waals surface area contributed by atoms with E-state index in [2.05, 4.69) is 5.32 Å². The van der Waals surface area contributed by atoms with Gasteiger partial charge in [-0.15, -0.1) is 0 Å². The van der Waals surface area contributed by atoms with Crippen LogP contribution in [0.4, 0.5) is 0 Å². The molecule has 2 N–H and O–H groups in total. The van der Waals surface area contributed by atoms with Gasteiger partial charge in [0, 0.05) is 12.1 Å². The van der Waals surface area contributed by atoms with E-state index in [1.54, 1.807) is 25.1 Å². The normalized spacial score (nSPS) is 10.4. The minimum absolute atomic E-state index is 0.0307. The lowest BCUT2D eigenvalue weighted by molar-refractivity contribution is -0.123. The van der Waals surface area contributed by atoms with E-state index < -0.39 is 0 Å². The van der Waals surface area contributed by atoms with Crippen molar-refractivity contribution in [1.82, 2.24) is 5.32 Å². The molecule has 94 valence electrons. The minimum Gasteiger partial charge on any atom is -0.508 e. The summed E-state index contributed by atoms with van der Waals surface area (Å²) in [7, 11) is 0. The fourth-order valence-corrected chi connectivity index (χ4v) is 1.27. The molecule has 1 aromatic carbocycles. The highest BCUT2D eigenvalue weighted by atomic mass is 16.5. The Morgan fingerprint density at radius 1 is 1.47 bits per heavy atom. The molecule has 0 aliphatic carbocycles. The van der Waals surface area contributed by atoms with Crippen molar-refractivity contribution in [3.05, 3.63) is 23.8 Å². The summed E-state index contributed by atoms with van der Waals surface area (Å²) in [5, 5.41) is 12.2. The highest BCUT2D eigenvalue weighted by Crippen LogP contribution is 2.25. The van der Waals surface area contributed by atoms with Crippen molar-refractivity contribution in [3.63, 3.8) is 0 Å². The Balaban J connectivity index is 2.45. The highest BCUT2D eigenvalue weighted by Gasteiger charge is 2.07. The van der Waals surface area contributed by atoms with Crippen LogP contribution in [0.5, 0.6) is 11.5 Å². The van der Waals surface area contributed by atoms with E-state index in [0.717, 1.165) is 0 Å². The molecular formula is C13H19NO3. The molecule has 0 heterocycles. The van der Waals surface area contributed by atoms with Crippen molar-refractivity contribution >= 4 is 5.91 Å². The van der Waals surface area contributed by atoms with Crippen LogP contribution in [0.2, 0.25) is 0 Å². The first kappa shape index (κ1) is 13.4. The fourth-order valence-electron chi connectivity index (χ4n) is 1.27. The molecule has 0 unspecified atom stereocenters. The summed E-state index contributed by atoms with van der Waals surface area (Å²) in [6.07, 6.45) is 0. The number of nitrogens with one attached hydrogen (secondary N) is 1. The predicted molar refractivity (Wildman–Crippen MR) is 66.2 cm³/mol. The second kappa shape index (κ2) is 6.13. The van der Waals surface area contributed by atoms with Gasteiger partial charge in [-0.25, -0.2) is 0 Å². The van der Waals surface area contributed by atoms with Gasteiger partial charge in [-0.1, -0.05) is 19.9 Å². The summed E-state index contributed by atoms with van der Waals surface area (Å²) in [5.41, 5.74) is 0.643. The topological polar surface area (TPSA) is 58.6 Å². The van der Waals surface area contributed by atoms with Crippen LogP contribution in [0.3, 0.4) is 0 Å². The van der Waals surface area contributed by atoms with Gasteiger partial charge >= 0.3 is 0 Å². The molecule has 1 amide bonds. The van der Waals surface area contributed by atoms with Gasteiger partial charge in [-0.05, 0) is 25.0 Å². The van der Waals surface area contributed by atoms with Crippen LogP contribution < -0.4 is 10.1 Å². The van der Waals surface area contributed by atoms with Gasteiger partial charge in [-0.2, -0.15) is 0 Å². The number of carbonyl (C=O) groups is 1. The minimum atomic E-state index is -0.151. The predicted octanol–water partition coefficient (Wildman–Crippen LogP) is 1.85. The van der Waals surface area contributed by atoms with Gasteiger partial charge in [0.25, 0.3) is 5.91 Å². The zero-order valence-electron chi connectivity index (χ0n) is 10.5. The summed E-state index contributed by atoms with van der Waals surface area (Å²) in [5.74, 6) is 0.970. The lowest BCUT2D eigenvalue weighted by Crippen LogP contribution is -2.31. The number of aromatic hydroxyl groups is 1. The third-order valence-corrected chi connectivity index (χ3v) is 2.32. The molecule has 1 rings (SSSR count). The van der Waals surface area contributed by atoms with E-state index in [1.807, 2.05) is 13.8 Å². The average Bonchev–Trinajstić information content (AvgIpc) is 2.28. The van der Waals surface area contributed by atoms with E-state index in [4.69, 9.17) is 4.74 Å². The Bertz CT molecular complexity index is 388. The smallest absolute Gasteiger partial charge is 0.257 e. The van der Waals surface area contributed by atoms with Gasteiger partial charge in [-0.3, -0.25) is 4.79 Å². The van der Waals surface area contributed by atoms with Crippen LogP contribution in [-0.4, -0.2) is 24.2 Å². The maximum Gasteiger partial charge on any atom is 0.257 e. The average molecular weight is 237 g/mol. The molecule has 4 nitrogen and oxygen atoms in total. The molecule has 0 aromatic heterocycles. The lowest BCUT2D eigenvalue weighted by Gasteiger charge is -2.11. The van der Waals surface area contributed by atoms with Gasteiger partial charge in [0.2, 0.25) is 0 Å². The number of ether oxygens (including phenoxy) is 1. The number of hydrogen-bond donors (Lipinski definition) is 2. The highest BCUT2D eigenvalue weighted by molar-refractivity contribution is 5.77. The maximum atomic E-state index is 11.4. The number of phenolic OH excluding ortho intramolecular Hbond substituents is 1. The fraction of sp³-hybridized carbons (Fsp3) is 0.462. The Kier molecular flexibility index (Phi) is 4.82. The number of benzene rings is 1. The first-order valence-electron chi connectivity index (χ1n) is 5.68.